The lowest BCUT2D eigenvalue weighted by Gasteiger charge is -2.06. The van der Waals surface area contributed by atoms with E-state index in [1.54, 1.807) is 0 Å². The van der Waals surface area contributed by atoms with Crippen LogP contribution in [0.2, 0.25) is 0 Å². The van der Waals surface area contributed by atoms with Gasteiger partial charge in [0.25, 0.3) is 5.82 Å². The summed E-state index contributed by atoms with van der Waals surface area (Å²) in [4.78, 5) is 14.4. The van der Waals surface area contributed by atoms with Gasteiger partial charge in [0.2, 0.25) is 5.91 Å². The van der Waals surface area contributed by atoms with Gasteiger partial charge in [-0.15, -0.1) is 0 Å². The molecule has 0 aliphatic rings. The third-order valence-corrected chi connectivity index (χ3v) is 3.58. The summed E-state index contributed by atoms with van der Waals surface area (Å²) in [6.07, 6.45) is 1.28. The Balaban J connectivity index is 2.05. The summed E-state index contributed by atoms with van der Waals surface area (Å²) < 4.78 is 5.49. The third-order valence-electron chi connectivity index (χ3n) is 3.58. The minimum absolute atomic E-state index is 0.0510. The molecule has 1 aromatic heterocycles. The highest BCUT2D eigenvalue weighted by Crippen LogP contribution is 2.21. The summed E-state index contributed by atoms with van der Waals surface area (Å²) in [5.41, 5.74) is 1.48. The van der Waals surface area contributed by atoms with E-state index in [-0.39, 0.29) is 5.91 Å². The number of nitriles is 1. The molecule has 6 nitrogen and oxygen atoms in total. The predicted molar refractivity (Wildman–Crippen MR) is 92.8 cm³/mol. The molecule has 0 atom stereocenters. The van der Waals surface area contributed by atoms with E-state index < -0.39 is 0 Å². The quantitative estimate of drug-likeness (QED) is 0.728. The van der Waals surface area contributed by atoms with Crippen molar-refractivity contribution in [2.45, 2.75) is 26.7 Å². The van der Waals surface area contributed by atoms with Crippen LogP contribution in [0.1, 0.15) is 32.3 Å². The van der Waals surface area contributed by atoms with Crippen molar-refractivity contribution >= 4 is 22.6 Å². The monoisotopic (exact) mass is 327 g/mol. The Morgan fingerprint density at radius 1 is 1.29 bits per heavy atom. The number of H-pyrrole nitrogens is 1. The lowest BCUT2D eigenvalue weighted by molar-refractivity contribution is -0.327. The Morgan fingerprint density at radius 3 is 2.83 bits per heavy atom. The molecular formula is C18H23N4O2+. The molecule has 1 amide bonds. The summed E-state index contributed by atoms with van der Waals surface area (Å²) in [5, 5.41) is 16.3. The van der Waals surface area contributed by atoms with Crippen LogP contribution in [0, 0.1) is 11.3 Å². The summed E-state index contributed by atoms with van der Waals surface area (Å²) in [7, 11) is 0. The number of carbonyl (C=O) groups excluding carboxylic acids is 1. The summed E-state index contributed by atoms with van der Waals surface area (Å²) in [5.74, 6) is 1.53. The summed E-state index contributed by atoms with van der Waals surface area (Å²) >= 11 is 0. The molecule has 24 heavy (non-hydrogen) atoms. The van der Waals surface area contributed by atoms with Gasteiger partial charge in [0.1, 0.15) is 22.9 Å². The van der Waals surface area contributed by atoms with Gasteiger partial charge in [0.05, 0.1) is 13.2 Å². The van der Waals surface area contributed by atoms with Gasteiger partial charge in [-0.1, -0.05) is 6.92 Å². The fourth-order valence-corrected chi connectivity index (χ4v) is 2.34. The SMILES string of the molecule is CCOc1ccc2[nH+]c(NCCCNC(=O)CC)c(C#N)cc2c1. The average Bonchev–Trinajstić information content (AvgIpc) is 2.60. The fraction of sp³-hybridized carbons (Fsp3) is 0.389. The first-order valence-corrected chi connectivity index (χ1v) is 8.21. The zero-order chi connectivity index (χ0) is 17.4. The van der Waals surface area contributed by atoms with Crippen LogP contribution in [0.15, 0.2) is 24.3 Å². The number of nitrogens with zero attached hydrogens (tertiary/aromatic N) is 1. The number of nitrogens with one attached hydrogen (secondary N) is 3. The summed E-state index contributed by atoms with van der Waals surface area (Å²) in [6.45, 7) is 5.65. The van der Waals surface area contributed by atoms with Crippen LogP contribution in [0.3, 0.4) is 0 Å². The number of fused-ring (bicyclic) bond motifs is 1. The maximum absolute atomic E-state index is 11.2. The number of anilines is 1. The number of hydrogen-bond donors (Lipinski definition) is 2. The molecule has 2 aromatic rings. The number of aromatic nitrogens is 1. The Morgan fingerprint density at radius 2 is 2.12 bits per heavy atom. The molecule has 1 aromatic carbocycles. The molecule has 0 aliphatic heterocycles. The largest absolute Gasteiger partial charge is 0.494 e. The molecule has 3 N–H and O–H groups in total. The van der Waals surface area contributed by atoms with E-state index >= 15 is 0 Å². The van der Waals surface area contributed by atoms with E-state index in [2.05, 4.69) is 21.7 Å². The standard InChI is InChI=1S/C18H22N4O2/c1-3-17(23)20-8-5-9-21-18-14(12-19)10-13-11-15(24-4-2)6-7-16(13)22-18/h6-7,10-11H,3-5,8-9H2,1-2H3,(H,20,23)(H,21,22)/p+1. The van der Waals surface area contributed by atoms with Crippen molar-refractivity contribution < 1.29 is 14.5 Å². The Hall–Kier alpha value is -2.81. The highest BCUT2D eigenvalue weighted by atomic mass is 16.5. The second-order valence-corrected chi connectivity index (χ2v) is 5.34. The van der Waals surface area contributed by atoms with Gasteiger partial charge in [0, 0.05) is 24.8 Å². The van der Waals surface area contributed by atoms with Crippen LogP contribution >= 0.6 is 0 Å². The van der Waals surface area contributed by atoms with Crippen LogP contribution in [0.25, 0.3) is 10.9 Å². The molecule has 0 radical (unpaired) electrons. The molecule has 2 rings (SSSR count). The molecule has 6 heteroatoms. The number of aromatic amines is 1. The number of rotatable bonds is 8. The Kier molecular flexibility index (Phi) is 6.38. The van der Waals surface area contributed by atoms with E-state index in [9.17, 15) is 10.1 Å². The highest BCUT2D eigenvalue weighted by molar-refractivity contribution is 5.80. The first-order chi connectivity index (χ1) is 11.7. The molecule has 0 saturated heterocycles. The highest BCUT2D eigenvalue weighted by Gasteiger charge is 2.12. The topological polar surface area (TPSA) is 88.3 Å². The molecule has 0 spiro atoms. The lowest BCUT2D eigenvalue weighted by atomic mass is 10.1. The van der Waals surface area contributed by atoms with Crippen molar-refractivity contribution in [3.8, 4) is 11.8 Å². The van der Waals surface area contributed by atoms with Crippen LogP contribution in [-0.2, 0) is 4.79 Å². The minimum Gasteiger partial charge on any atom is -0.494 e. The normalized spacial score (nSPS) is 10.2. The van der Waals surface area contributed by atoms with Crippen LogP contribution in [0.5, 0.6) is 5.75 Å². The zero-order valence-electron chi connectivity index (χ0n) is 14.1. The van der Waals surface area contributed by atoms with Gasteiger partial charge in [-0.05, 0) is 31.2 Å². The number of ether oxygens (including phenoxy) is 1. The second-order valence-electron chi connectivity index (χ2n) is 5.34. The van der Waals surface area contributed by atoms with Gasteiger partial charge in [0.15, 0.2) is 0 Å². The predicted octanol–water partition coefficient (Wildman–Crippen LogP) is 2.25. The number of amides is 1. The van der Waals surface area contributed by atoms with Crippen molar-refractivity contribution in [1.82, 2.24) is 5.32 Å². The van der Waals surface area contributed by atoms with Gasteiger partial charge >= 0.3 is 0 Å². The maximum atomic E-state index is 11.2. The first-order valence-electron chi connectivity index (χ1n) is 8.21. The molecule has 1 heterocycles. The Bertz CT molecular complexity index is 753. The molecule has 0 unspecified atom stereocenters. The molecule has 126 valence electrons. The van der Waals surface area contributed by atoms with Gasteiger partial charge in [-0.3, -0.25) is 10.1 Å². The second kappa shape index (κ2) is 8.73. The third kappa shape index (κ3) is 4.59. The van der Waals surface area contributed by atoms with Crippen molar-refractivity contribution in [3.05, 3.63) is 29.8 Å². The molecule has 0 fully saturated rings. The maximum Gasteiger partial charge on any atom is 0.290 e. The molecule has 0 bridgehead atoms. The molecular weight excluding hydrogens is 304 g/mol. The van der Waals surface area contributed by atoms with Crippen molar-refractivity contribution in [2.24, 2.45) is 0 Å². The molecule has 0 saturated carbocycles. The van der Waals surface area contributed by atoms with Gasteiger partial charge in [-0.25, -0.2) is 4.98 Å². The van der Waals surface area contributed by atoms with Crippen LogP contribution in [0.4, 0.5) is 5.82 Å². The van der Waals surface area contributed by atoms with E-state index in [4.69, 9.17) is 4.74 Å². The van der Waals surface area contributed by atoms with Crippen LogP contribution in [-0.4, -0.2) is 25.6 Å². The van der Waals surface area contributed by atoms with Gasteiger partial charge in [-0.2, -0.15) is 5.26 Å². The lowest BCUT2D eigenvalue weighted by Crippen LogP contribution is -2.25. The van der Waals surface area contributed by atoms with E-state index in [0.717, 1.165) is 23.1 Å². The van der Waals surface area contributed by atoms with E-state index in [1.807, 2.05) is 38.1 Å². The van der Waals surface area contributed by atoms with E-state index in [0.29, 0.717) is 37.5 Å². The van der Waals surface area contributed by atoms with Crippen molar-refractivity contribution in [2.75, 3.05) is 25.0 Å². The number of pyridine rings is 1. The summed E-state index contributed by atoms with van der Waals surface area (Å²) in [6, 6.07) is 9.80. The van der Waals surface area contributed by atoms with Crippen LogP contribution < -0.4 is 20.4 Å². The molecule has 0 aliphatic carbocycles. The van der Waals surface area contributed by atoms with E-state index in [1.165, 1.54) is 0 Å². The first kappa shape index (κ1) is 17.5. The van der Waals surface area contributed by atoms with Crippen molar-refractivity contribution in [3.63, 3.8) is 0 Å². The zero-order valence-corrected chi connectivity index (χ0v) is 14.1. The number of carbonyl (C=O) groups is 1. The smallest absolute Gasteiger partial charge is 0.290 e. The fourth-order valence-electron chi connectivity index (χ4n) is 2.34. The number of hydrogen-bond acceptors (Lipinski definition) is 4. The average molecular weight is 327 g/mol. The number of benzene rings is 1. The minimum atomic E-state index is 0.0510. The Labute approximate surface area is 141 Å². The van der Waals surface area contributed by atoms with Gasteiger partial charge < -0.3 is 10.1 Å². The van der Waals surface area contributed by atoms with Crippen molar-refractivity contribution in [1.29, 1.82) is 5.26 Å².